The van der Waals surface area contributed by atoms with E-state index in [1.54, 1.807) is 17.3 Å². The van der Waals surface area contributed by atoms with Crippen LogP contribution in [-0.4, -0.2) is 57.9 Å². The summed E-state index contributed by atoms with van der Waals surface area (Å²) in [5.74, 6) is 1.32. The number of anilines is 1. The molecule has 0 bridgehead atoms. The largest absolute Gasteiger partial charge is 0.444 e. The van der Waals surface area contributed by atoms with Gasteiger partial charge in [0.25, 0.3) is 0 Å². The number of nitrogens with zero attached hydrogens (tertiary/aromatic N) is 5. The minimum atomic E-state index is -0.506. The van der Waals surface area contributed by atoms with Crippen molar-refractivity contribution in [2.24, 2.45) is 4.99 Å². The van der Waals surface area contributed by atoms with Crippen molar-refractivity contribution < 1.29 is 9.53 Å². The molecule has 0 N–H and O–H groups in total. The van der Waals surface area contributed by atoms with E-state index in [-0.39, 0.29) is 12.1 Å². The van der Waals surface area contributed by atoms with Gasteiger partial charge in [0.15, 0.2) is 5.82 Å². The molecule has 0 saturated carbocycles. The molecule has 2 heterocycles. The van der Waals surface area contributed by atoms with Crippen LogP contribution in [0.1, 0.15) is 38.8 Å². The molecule has 1 amide bonds. The van der Waals surface area contributed by atoms with E-state index in [4.69, 9.17) is 9.73 Å². The van der Waals surface area contributed by atoms with Crippen LogP contribution in [0, 0.1) is 0 Å². The molecule has 0 spiro atoms. The summed E-state index contributed by atoms with van der Waals surface area (Å²) >= 11 is 0. The lowest BCUT2D eigenvalue weighted by molar-refractivity contribution is 0.0158. The maximum absolute atomic E-state index is 12.5. The van der Waals surface area contributed by atoms with Crippen LogP contribution in [0.15, 0.2) is 78.0 Å². The minimum absolute atomic E-state index is 0.00543. The van der Waals surface area contributed by atoms with Crippen molar-refractivity contribution in [2.75, 3.05) is 24.5 Å². The Labute approximate surface area is 201 Å². The van der Waals surface area contributed by atoms with Crippen LogP contribution in [0.3, 0.4) is 0 Å². The van der Waals surface area contributed by atoms with E-state index in [0.717, 1.165) is 22.7 Å². The van der Waals surface area contributed by atoms with Gasteiger partial charge in [-0.3, -0.25) is 0 Å². The molecule has 176 valence electrons. The quantitative estimate of drug-likeness (QED) is 0.510. The zero-order valence-corrected chi connectivity index (χ0v) is 20.2. The van der Waals surface area contributed by atoms with E-state index in [9.17, 15) is 4.79 Å². The van der Waals surface area contributed by atoms with Crippen LogP contribution in [0.2, 0.25) is 0 Å². The highest BCUT2D eigenvalue weighted by molar-refractivity contribution is 6.13. The Hall–Kier alpha value is -3.74. The molecule has 1 aliphatic rings. The molecule has 1 fully saturated rings. The fraction of sp³-hybridized carbons (Fsp3) is 0.333. The first-order valence-electron chi connectivity index (χ1n) is 11.6. The zero-order chi connectivity index (χ0) is 24.1. The van der Waals surface area contributed by atoms with Gasteiger partial charge in [0.2, 0.25) is 0 Å². The topological polar surface area (TPSA) is 70.9 Å². The highest BCUT2D eigenvalue weighted by Crippen LogP contribution is 2.21. The lowest BCUT2D eigenvalue weighted by Gasteiger charge is -2.40. The molecule has 7 heteroatoms. The molecule has 0 unspecified atom stereocenters. The molecule has 2 aromatic carbocycles. The second kappa shape index (κ2) is 10.0. The second-order valence-electron chi connectivity index (χ2n) is 9.39. The number of piperazine rings is 1. The van der Waals surface area contributed by atoms with Gasteiger partial charge in [0.1, 0.15) is 11.4 Å². The molecule has 1 aliphatic heterocycles. The highest BCUT2D eigenvalue weighted by atomic mass is 16.6. The first-order valence-corrected chi connectivity index (χ1v) is 11.6. The third kappa shape index (κ3) is 5.78. The number of ether oxygens (including phenoxy) is 1. The standard InChI is InChI=1S/C27H31N5O2/c1-20-19-31(15-16-32(20)26(33)34-27(2,3)4)24-18-28-23(17-29-24)30-25(21-11-7-5-8-12-21)22-13-9-6-10-14-22/h5-14,17-18,20H,15-16,19H2,1-4H3/t20-/m1/s1. The highest BCUT2D eigenvalue weighted by Gasteiger charge is 2.31. The molecule has 3 aromatic rings. The Balaban J connectivity index is 1.50. The average molecular weight is 458 g/mol. The van der Waals surface area contributed by atoms with Crippen molar-refractivity contribution in [2.45, 2.75) is 39.3 Å². The maximum atomic E-state index is 12.5. The van der Waals surface area contributed by atoms with Gasteiger partial charge in [-0.2, -0.15) is 0 Å². The number of amides is 1. The van der Waals surface area contributed by atoms with Crippen molar-refractivity contribution in [3.63, 3.8) is 0 Å². The van der Waals surface area contributed by atoms with Crippen molar-refractivity contribution in [3.05, 3.63) is 84.2 Å². The van der Waals surface area contributed by atoms with E-state index >= 15 is 0 Å². The van der Waals surface area contributed by atoms with Crippen molar-refractivity contribution in [1.29, 1.82) is 0 Å². The molecule has 34 heavy (non-hydrogen) atoms. The first kappa shape index (κ1) is 23.4. The summed E-state index contributed by atoms with van der Waals surface area (Å²) in [4.78, 5) is 30.4. The summed E-state index contributed by atoms with van der Waals surface area (Å²) in [5.41, 5.74) is 2.38. The molecule has 0 radical (unpaired) electrons. The Bertz CT molecular complexity index is 1080. The van der Waals surface area contributed by atoms with E-state index < -0.39 is 5.60 Å². The molecule has 0 aliphatic carbocycles. The third-order valence-corrected chi connectivity index (χ3v) is 5.52. The first-order chi connectivity index (χ1) is 16.3. The average Bonchev–Trinajstić information content (AvgIpc) is 2.83. The SMILES string of the molecule is C[C@@H]1CN(c2cnc(N=C(c3ccccc3)c3ccccc3)cn2)CCN1C(=O)OC(C)(C)C. The van der Waals surface area contributed by atoms with E-state index in [0.29, 0.717) is 25.5 Å². The van der Waals surface area contributed by atoms with Gasteiger partial charge in [-0.1, -0.05) is 60.7 Å². The number of benzene rings is 2. The predicted molar refractivity (Wildman–Crippen MR) is 135 cm³/mol. The molecule has 7 nitrogen and oxygen atoms in total. The van der Waals surface area contributed by atoms with Gasteiger partial charge in [-0.15, -0.1) is 0 Å². The Kier molecular flexibility index (Phi) is 6.91. The monoisotopic (exact) mass is 457 g/mol. The summed E-state index contributed by atoms with van der Waals surface area (Å²) < 4.78 is 5.54. The van der Waals surface area contributed by atoms with Gasteiger partial charge in [0, 0.05) is 36.8 Å². The number of aliphatic imine (C=N–C) groups is 1. The molecule has 1 saturated heterocycles. The van der Waals surface area contributed by atoms with Crippen molar-refractivity contribution >= 4 is 23.4 Å². The number of hydrogen-bond donors (Lipinski definition) is 0. The van der Waals surface area contributed by atoms with Crippen molar-refractivity contribution in [3.8, 4) is 0 Å². The fourth-order valence-corrected chi connectivity index (χ4v) is 3.90. The second-order valence-corrected chi connectivity index (χ2v) is 9.39. The van der Waals surface area contributed by atoms with Crippen LogP contribution < -0.4 is 4.90 Å². The smallest absolute Gasteiger partial charge is 0.410 e. The van der Waals surface area contributed by atoms with E-state index in [1.807, 2.05) is 88.4 Å². The summed E-state index contributed by atoms with van der Waals surface area (Å²) in [6.07, 6.45) is 3.18. The summed E-state index contributed by atoms with van der Waals surface area (Å²) in [6, 6.07) is 20.2. The summed E-state index contributed by atoms with van der Waals surface area (Å²) in [7, 11) is 0. The minimum Gasteiger partial charge on any atom is -0.444 e. The van der Waals surface area contributed by atoms with Gasteiger partial charge in [-0.25, -0.2) is 19.8 Å². The number of hydrogen-bond acceptors (Lipinski definition) is 6. The molecular formula is C27H31N5O2. The van der Waals surface area contributed by atoms with Crippen LogP contribution in [0.4, 0.5) is 16.4 Å². The maximum Gasteiger partial charge on any atom is 0.410 e. The van der Waals surface area contributed by atoms with Gasteiger partial charge in [-0.05, 0) is 27.7 Å². The van der Waals surface area contributed by atoms with Crippen LogP contribution in [0.5, 0.6) is 0 Å². The van der Waals surface area contributed by atoms with Gasteiger partial charge < -0.3 is 14.5 Å². The predicted octanol–water partition coefficient (Wildman–Crippen LogP) is 5.09. The van der Waals surface area contributed by atoms with Gasteiger partial charge >= 0.3 is 6.09 Å². The third-order valence-electron chi connectivity index (χ3n) is 5.52. The van der Waals surface area contributed by atoms with Crippen LogP contribution in [-0.2, 0) is 4.74 Å². The van der Waals surface area contributed by atoms with Crippen LogP contribution >= 0.6 is 0 Å². The fourth-order valence-electron chi connectivity index (χ4n) is 3.90. The lowest BCUT2D eigenvalue weighted by Crippen LogP contribution is -2.55. The molecular weight excluding hydrogens is 426 g/mol. The molecule has 1 atom stereocenters. The lowest BCUT2D eigenvalue weighted by atomic mass is 10.0. The summed E-state index contributed by atoms with van der Waals surface area (Å²) in [5, 5.41) is 0. The Morgan fingerprint density at radius 1 is 0.941 bits per heavy atom. The Morgan fingerprint density at radius 3 is 2.06 bits per heavy atom. The van der Waals surface area contributed by atoms with Gasteiger partial charge in [0.05, 0.1) is 18.1 Å². The summed E-state index contributed by atoms with van der Waals surface area (Å²) in [6.45, 7) is 9.57. The van der Waals surface area contributed by atoms with E-state index in [2.05, 4.69) is 14.9 Å². The Morgan fingerprint density at radius 2 is 1.56 bits per heavy atom. The number of aromatic nitrogens is 2. The number of carbonyl (C=O) groups is 1. The molecule has 4 rings (SSSR count). The van der Waals surface area contributed by atoms with Crippen molar-refractivity contribution in [1.82, 2.24) is 14.9 Å². The molecule has 1 aromatic heterocycles. The van der Waals surface area contributed by atoms with Crippen LogP contribution in [0.25, 0.3) is 0 Å². The van der Waals surface area contributed by atoms with E-state index in [1.165, 1.54) is 0 Å². The number of carbonyl (C=O) groups excluding carboxylic acids is 1. The number of rotatable bonds is 4. The normalized spacial score (nSPS) is 16.2. The zero-order valence-electron chi connectivity index (χ0n) is 20.2.